The van der Waals surface area contributed by atoms with Gasteiger partial charge < -0.3 is 9.84 Å². The fourth-order valence-electron chi connectivity index (χ4n) is 2.74. The summed E-state index contributed by atoms with van der Waals surface area (Å²) in [5, 5.41) is 8.70. The van der Waals surface area contributed by atoms with Crippen LogP contribution < -0.4 is 9.30 Å². The Morgan fingerprint density at radius 3 is 2.43 bits per heavy atom. The zero-order valence-electron chi connectivity index (χ0n) is 15.7. The Morgan fingerprint density at radius 2 is 1.79 bits per heavy atom. The normalized spacial score (nSPS) is 11.2. The first-order valence-electron chi connectivity index (χ1n) is 8.83. The Balaban J connectivity index is 0.000000500. The lowest BCUT2D eigenvalue weighted by Crippen LogP contribution is -2.34. The Morgan fingerprint density at radius 1 is 1.14 bits per heavy atom. The summed E-state index contributed by atoms with van der Waals surface area (Å²) in [5.74, 6) is -0.111. The minimum absolute atomic E-state index is 0.107. The van der Waals surface area contributed by atoms with Crippen molar-refractivity contribution < 1.29 is 32.4 Å². The first-order chi connectivity index (χ1) is 13.2. The van der Waals surface area contributed by atoms with E-state index in [2.05, 4.69) is 17.6 Å². The van der Waals surface area contributed by atoms with Crippen LogP contribution in [0.1, 0.15) is 26.7 Å². The molecule has 0 unspecified atom stereocenters. The number of halogens is 3. The Bertz CT molecular complexity index is 952. The highest BCUT2D eigenvalue weighted by Gasteiger charge is 2.17. The third-order valence-corrected chi connectivity index (χ3v) is 3.78. The van der Waals surface area contributed by atoms with Crippen molar-refractivity contribution >= 4 is 28.0 Å². The largest absolute Gasteiger partial charge is 0.491 e. The van der Waals surface area contributed by atoms with Crippen LogP contribution in [0.15, 0.2) is 42.5 Å². The van der Waals surface area contributed by atoms with Crippen LogP contribution in [0.3, 0.4) is 0 Å². The predicted octanol–water partition coefficient (Wildman–Crippen LogP) is 4.51. The maximum atomic E-state index is 10.6. The van der Waals surface area contributed by atoms with Crippen LogP contribution in [0.4, 0.5) is 13.2 Å². The van der Waals surface area contributed by atoms with Gasteiger partial charge in [0.2, 0.25) is 11.0 Å². The van der Waals surface area contributed by atoms with Crippen LogP contribution in [0.25, 0.3) is 22.1 Å². The SMILES string of the molecule is CC(F)(F)F.CC[n+]1c2ccccc2nc2c(OCCCC(=O)O)cccc21. The average molecular weight is 395 g/mol. The number of alkyl halides is 3. The van der Waals surface area contributed by atoms with Gasteiger partial charge in [-0.05, 0) is 25.5 Å². The van der Waals surface area contributed by atoms with E-state index < -0.39 is 12.1 Å². The molecule has 1 N–H and O–H groups in total. The number of carboxylic acid groups (broad SMARTS) is 1. The molecule has 0 fully saturated rings. The van der Waals surface area contributed by atoms with Gasteiger partial charge in [0.05, 0.1) is 6.61 Å². The summed E-state index contributed by atoms with van der Waals surface area (Å²) >= 11 is 0. The molecule has 28 heavy (non-hydrogen) atoms. The Labute approximate surface area is 160 Å². The van der Waals surface area contributed by atoms with Gasteiger partial charge in [0.1, 0.15) is 12.1 Å². The van der Waals surface area contributed by atoms with Gasteiger partial charge in [0, 0.05) is 25.5 Å². The quantitative estimate of drug-likeness (QED) is 0.379. The highest BCUT2D eigenvalue weighted by molar-refractivity contribution is 5.85. The van der Waals surface area contributed by atoms with Gasteiger partial charge in [0.15, 0.2) is 11.3 Å². The average Bonchev–Trinajstić information content (AvgIpc) is 2.62. The number of carbonyl (C=O) groups is 1. The minimum Gasteiger partial charge on any atom is -0.491 e. The summed E-state index contributed by atoms with van der Waals surface area (Å²) in [6, 6.07) is 13.9. The van der Waals surface area contributed by atoms with E-state index >= 15 is 0 Å². The lowest BCUT2D eigenvalue weighted by Gasteiger charge is -2.09. The predicted molar refractivity (Wildman–Crippen MR) is 99.2 cm³/mol. The van der Waals surface area contributed by atoms with Crippen LogP contribution in [0.2, 0.25) is 0 Å². The smallest absolute Gasteiger partial charge is 0.386 e. The van der Waals surface area contributed by atoms with Gasteiger partial charge in [-0.3, -0.25) is 4.79 Å². The van der Waals surface area contributed by atoms with Crippen molar-refractivity contribution in [1.29, 1.82) is 0 Å². The van der Waals surface area contributed by atoms with E-state index in [4.69, 9.17) is 14.8 Å². The number of fused-ring (bicyclic) bond motifs is 2. The standard InChI is InChI=1S/C18H18N2O3.C2H3F3/c1-2-20-14-8-4-3-7-13(14)19-18-15(20)9-5-10-16(18)23-12-6-11-17(21)22;1-2(3,4)5/h3-5,7-10H,2,6,11-12H2,1H3;1H3/p+1. The molecule has 3 rings (SSSR count). The zero-order valence-corrected chi connectivity index (χ0v) is 15.7. The molecule has 8 heteroatoms. The molecule has 0 spiro atoms. The third kappa shape index (κ3) is 6.07. The van der Waals surface area contributed by atoms with Gasteiger partial charge in [0.25, 0.3) is 0 Å². The number of para-hydroxylation sites is 3. The molecule has 0 aliphatic rings. The second-order valence-electron chi connectivity index (χ2n) is 6.10. The summed E-state index contributed by atoms with van der Waals surface area (Å²) in [7, 11) is 0. The van der Waals surface area contributed by atoms with E-state index in [9.17, 15) is 18.0 Å². The van der Waals surface area contributed by atoms with E-state index in [1.54, 1.807) is 0 Å². The van der Waals surface area contributed by atoms with Crippen molar-refractivity contribution in [3.05, 3.63) is 42.5 Å². The van der Waals surface area contributed by atoms with Crippen molar-refractivity contribution in [2.45, 2.75) is 39.4 Å². The van der Waals surface area contributed by atoms with Crippen molar-refractivity contribution in [2.75, 3.05) is 6.61 Å². The fourth-order valence-corrected chi connectivity index (χ4v) is 2.74. The van der Waals surface area contributed by atoms with Crippen LogP contribution in [-0.2, 0) is 11.3 Å². The number of aromatic nitrogens is 2. The molecule has 0 radical (unpaired) electrons. The number of rotatable bonds is 6. The van der Waals surface area contributed by atoms with Crippen LogP contribution in [-0.4, -0.2) is 28.8 Å². The van der Waals surface area contributed by atoms with Gasteiger partial charge in [-0.25, -0.2) is 4.98 Å². The van der Waals surface area contributed by atoms with Gasteiger partial charge >= 0.3 is 12.1 Å². The number of benzene rings is 2. The number of ether oxygens (including phenoxy) is 1. The molecular weight excluding hydrogens is 373 g/mol. The molecule has 5 nitrogen and oxygen atoms in total. The molecule has 0 atom stereocenters. The summed E-state index contributed by atoms with van der Waals surface area (Å²) < 4.78 is 39.1. The van der Waals surface area contributed by atoms with Crippen molar-refractivity contribution in [3.63, 3.8) is 0 Å². The number of aryl methyl sites for hydroxylation is 1. The van der Waals surface area contributed by atoms with Crippen LogP contribution >= 0.6 is 0 Å². The number of hydrogen-bond donors (Lipinski definition) is 1. The minimum atomic E-state index is -4.00. The Hall–Kier alpha value is -2.90. The molecule has 0 bridgehead atoms. The number of carboxylic acids is 1. The zero-order chi connectivity index (χ0) is 20.7. The molecular formula is C20H22F3N2O3+. The molecule has 3 aromatic rings. The summed E-state index contributed by atoms with van der Waals surface area (Å²) in [4.78, 5) is 15.3. The maximum absolute atomic E-state index is 10.6. The highest BCUT2D eigenvalue weighted by Crippen LogP contribution is 2.24. The van der Waals surface area contributed by atoms with Gasteiger partial charge in [-0.2, -0.15) is 17.7 Å². The van der Waals surface area contributed by atoms with E-state index in [0.717, 1.165) is 28.6 Å². The first-order valence-corrected chi connectivity index (χ1v) is 8.83. The molecule has 0 saturated heterocycles. The monoisotopic (exact) mass is 395 g/mol. The molecule has 150 valence electrons. The number of aliphatic carboxylic acids is 1. The first kappa shape index (κ1) is 21.4. The molecule has 1 heterocycles. The molecule has 0 amide bonds. The fraction of sp³-hybridized carbons (Fsp3) is 0.350. The second-order valence-corrected chi connectivity index (χ2v) is 6.10. The van der Waals surface area contributed by atoms with Gasteiger partial charge in [-0.15, -0.1) is 0 Å². The van der Waals surface area contributed by atoms with Crippen molar-refractivity contribution in [3.8, 4) is 5.75 Å². The number of nitrogens with zero attached hydrogens (tertiary/aromatic N) is 2. The van der Waals surface area contributed by atoms with Crippen molar-refractivity contribution in [1.82, 2.24) is 4.98 Å². The van der Waals surface area contributed by atoms with Gasteiger partial charge in [-0.1, -0.05) is 18.2 Å². The van der Waals surface area contributed by atoms with E-state index in [-0.39, 0.29) is 13.3 Å². The molecule has 2 aromatic carbocycles. The molecule has 0 saturated carbocycles. The van der Waals surface area contributed by atoms with E-state index in [0.29, 0.717) is 18.8 Å². The summed E-state index contributed by atoms with van der Waals surface area (Å²) in [6.45, 7) is 3.49. The van der Waals surface area contributed by atoms with E-state index in [1.807, 2.05) is 36.4 Å². The molecule has 1 aromatic heterocycles. The highest BCUT2D eigenvalue weighted by atomic mass is 19.4. The summed E-state index contributed by atoms with van der Waals surface area (Å²) in [5.41, 5.74) is 3.83. The van der Waals surface area contributed by atoms with Crippen LogP contribution in [0, 0.1) is 0 Å². The maximum Gasteiger partial charge on any atom is 0.386 e. The second kappa shape index (κ2) is 9.34. The molecule has 0 aliphatic heterocycles. The lowest BCUT2D eigenvalue weighted by molar-refractivity contribution is -0.641. The topological polar surface area (TPSA) is 63.3 Å². The summed E-state index contributed by atoms with van der Waals surface area (Å²) in [6.07, 6.45) is -3.41. The van der Waals surface area contributed by atoms with Crippen LogP contribution in [0.5, 0.6) is 5.75 Å². The van der Waals surface area contributed by atoms with Crippen molar-refractivity contribution in [2.24, 2.45) is 0 Å². The lowest BCUT2D eigenvalue weighted by atomic mass is 10.2. The number of hydrogen-bond acceptors (Lipinski definition) is 3. The third-order valence-electron chi connectivity index (χ3n) is 3.78. The molecule has 0 aliphatic carbocycles. The Kier molecular flexibility index (Phi) is 7.14. The van der Waals surface area contributed by atoms with E-state index in [1.165, 1.54) is 0 Å².